The first-order valence-electron chi connectivity index (χ1n) is 5.47. The summed E-state index contributed by atoms with van der Waals surface area (Å²) < 4.78 is 2.70. The van der Waals surface area contributed by atoms with Crippen molar-refractivity contribution in [2.24, 2.45) is 0 Å². The van der Waals surface area contributed by atoms with Gasteiger partial charge in [-0.3, -0.25) is 9.69 Å². The molecule has 92 valence electrons. The minimum Gasteiger partial charge on any atom is -0.340 e. The molecule has 0 bridgehead atoms. The molecule has 1 aliphatic heterocycles. The maximum absolute atomic E-state index is 12.2. The first-order chi connectivity index (χ1) is 8.00. The Morgan fingerprint density at radius 3 is 2.76 bits per heavy atom. The van der Waals surface area contributed by atoms with Gasteiger partial charge in [-0.05, 0) is 35.8 Å². The smallest absolute Gasteiger partial charge is 0.324 e. The number of nitrogens with zero attached hydrogens (tertiary/aromatic N) is 2. The van der Waals surface area contributed by atoms with Gasteiger partial charge in [0.15, 0.2) is 0 Å². The third kappa shape index (κ3) is 2.22. The van der Waals surface area contributed by atoms with Gasteiger partial charge in [-0.2, -0.15) is 0 Å². The summed E-state index contributed by atoms with van der Waals surface area (Å²) in [6, 6.07) is 1.60. The number of halogens is 1. The lowest BCUT2D eigenvalue weighted by molar-refractivity contribution is 0.0817. The highest BCUT2D eigenvalue weighted by Gasteiger charge is 2.29. The van der Waals surface area contributed by atoms with E-state index in [1.807, 2.05) is 24.6 Å². The molecule has 0 atom stereocenters. The van der Waals surface area contributed by atoms with Crippen LogP contribution < -0.4 is 5.32 Å². The molecule has 3 amide bonds. The Kier molecular flexibility index (Phi) is 3.24. The van der Waals surface area contributed by atoms with Crippen molar-refractivity contribution in [3.05, 3.63) is 22.4 Å². The highest BCUT2D eigenvalue weighted by molar-refractivity contribution is 9.10. The van der Waals surface area contributed by atoms with Gasteiger partial charge in [0, 0.05) is 29.8 Å². The quantitative estimate of drug-likeness (QED) is 0.908. The van der Waals surface area contributed by atoms with Gasteiger partial charge in [-0.25, -0.2) is 4.79 Å². The molecule has 0 saturated carbocycles. The van der Waals surface area contributed by atoms with Gasteiger partial charge in [0.25, 0.3) is 5.91 Å². The minimum atomic E-state index is -0.317. The molecule has 0 radical (unpaired) electrons. The fourth-order valence-corrected chi connectivity index (χ4v) is 2.29. The lowest BCUT2D eigenvalue weighted by Crippen LogP contribution is -2.35. The van der Waals surface area contributed by atoms with Gasteiger partial charge in [0.1, 0.15) is 5.69 Å². The number of urea groups is 1. The number of rotatable bonds is 2. The molecular weight excluding hydrogens is 286 g/mol. The number of amides is 3. The number of imide groups is 1. The monoisotopic (exact) mass is 299 g/mol. The molecule has 5 nitrogen and oxygen atoms in total. The SMILES string of the molecule is CC(C)n1cc(Br)cc1C(=O)N1CCNC1=O. The van der Waals surface area contributed by atoms with E-state index in [0.717, 1.165) is 4.47 Å². The summed E-state index contributed by atoms with van der Waals surface area (Å²) in [4.78, 5) is 24.9. The van der Waals surface area contributed by atoms with Crippen LogP contribution in [0, 0.1) is 0 Å². The van der Waals surface area contributed by atoms with Gasteiger partial charge in [-0.1, -0.05) is 0 Å². The Morgan fingerprint density at radius 2 is 2.24 bits per heavy atom. The Morgan fingerprint density at radius 1 is 1.53 bits per heavy atom. The van der Waals surface area contributed by atoms with Crippen LogP contribution in [0.15, 0.2) is 16.7 Å². The molecule has 6 heteroatoms. The Bertz CT molecular complexity index is 467. The van der Waals surface area contributed by atoms with Crippen LogP contribution in [0.1, 0.15) is 30.4 Å². The highest BCUT2D eigenvalue weighted by Crippen LogP contribution is 2.21. The third-order valence-corrected chi connectivity index (χ3v) is 3.13. The standard InChI is InChI=1S/C11H14BrN3O2/c1-7(2)15-6-8(12)5-9(15)10(16)14-4-3-13-11(14)17/h5-7H,3-4H2,1-2H3,(H,13,17). The van der Waals surface area contributed by atoms with Crippen LogP contribution in [0.25, 0.3) is 0 Å². The zero-order valence-electron chi connectivity index (χ0n) is 9.74. The summed E-state index contributed by atoms with van der Waals surface area (Å²) in [5.41, 5.74) is 0.531. The van der Waals surface area contributed by atoms with Crippen LogP contribution in [-0.2, 0) is 0 Å². The summed E-state index contributed by atoms with van der Waals surface area (Å²) in [5, 5.41) is 2.62. The lowest BCUT2D eigenvalue weighted by atomic mass is 10.3. The van der Waals surface area contributed by atoms with Crippen LogP contribution in [0.3, 0.4) is 0 Å². The molecule has 1 aromatic rings. The normalized spacial score (nSPS) is 15.5. The molecule has 2 heterocycles. The summed E-state index contributed by atoms with van der Waals surface area (Å²) >= 11 is 3.35. The van der Waals surface area contributed by atoms with Gasteiger partial charge >= 0.3 is 6.03 Å². The maximum atomic E-state index is 12.2. The number of carbonyl (C=O) groups excluding carboxylic acids is 2. The number of nitrogens with one attached hydrogen (secondary N) is 1. The molecule has 0 unspecified atom stereocenters. The van der Waals surface area contributed by atoms with E-state index in [9.17, 15) is 9.59 Å². The lowest BCUT2D eigenvalue weighted by Gasteiger charge is -2.16. The topological polar surface area (TPSA) is 54.3 Å². The van der Waals surface area contributed by atoms with Crippen molar-refractivity contribution in [2.75, 3.05) is 13.1 Å². The Balaban J connectivity index is 2.33. The number of hydrogen-bond donors (Lipinski definition) is 1. The van der Waals surface area contributed by atoms with Crippen molar-refractivity contribution in [1.29, 1.82) is 0 Å². The fraction of sp³-hybridized carbons (Fsp3) is 0.455. The van der Waals surface area contributed by atoms with Crippen molar-refractivity contribution in [1.82, 2.24) is 14.8 Å². The van der Waals surface area contributed by atoms with Gasteiger partial charge in [-0.15, -0.1) is 0 Å². The summed E-state index contributed by atoms with van der Waals surface area (Å²) in [5.74, 6) is -0.251. The number of aromatic nitrogens is 1. The molecule has 1 fully saturated rings. The fourth-order valence-electron chi connectivity index (χ4n) is 1.85. The summed E-state index contributed by atoms with van der Waals surface area (Å²) in [6.45, 7) is 4.94. The van der Waals surface area contributed by atoms with Crippen molar-refractivity contribution in [3.8, 4) is 0 Å². The molecule has 0 spiro atoms. The van der Waals surface area contributed by atoms with Crippen LogP contribution in [0.5, 0.6) is 0 Å². The third-order valence-electron chi connectivity index (χ3n) is 2.69. The van der Waals surface area contributed by atoms with Crippen LogP contribution in [0.2, 0.25) is 0 Å². The molecule has 1 aromatic heterocycles. The van der Waals surface area contributed by atoms with Crippen molar-refractivity contribution in [2.45, 2.75) is 19.9 Å². The molecule has 2 rings (SSSR count). The van der Waals surface area contributed by atoms with Gasteiger partial charge < -0.3 is 9.88 Å². The van der Waals surface area contributed by atoms with Gasteiger partial charge in [0.05, 0.1) is 0 Å². The van der Waals surface area contributed by atoms with E-state index < -0.39 is 0 Å². The molecule has 0 aromatic carbocycles. The number of carbonyl (C=O) groups is 2. The summed E-state index contributed by atoms with van der Waals surface area (Å²) in [7, 11) is 0. The van der Waals surface area contributed by atoms with E-state index >= 15 is 0 Å². The average molecular weight is 300 g/mol. The first kappa shape index (κ1) is 12.2. The van der Waals surface area contributed by atoms with Crippen molar-refractivity contribution >= 4 is 27.9 Å². The predicted octanol–water partition coefficient (Wildman–Crippen LogP) is 2.00. The maximum Gasteiger partial charge on any atom is 0.324 e. The van der Waals surface area contributed by atoms with E-state index in [2.05, 4.69) is 21.2 Å². The second-order valence-corrected chi connectivity index (χ2v) is 5.15. The Labute approximate surface area is 108 Å². The molecule has 17 heavy (non-hydrogen) atoms. The summed E-state index contributed by atoms with van der Waals surface area (Å²) in [6.07, 6.45) is 1.85. The molecule has 1 aliphatic rings. The first-order valence-corrected chi connectivity index (χ1v) is 6.27. The van der Waals surface area contributed by atoms with Crippen LogP contribution in [-0.4, -0.2) is 34.5 Å². The minimum absolute atomic E-state index is 0.172. The number of hydrogen-bond acceptors (Lipinski definition) is 2. The second-order valence-electron chi connectivity index (χ2n) is 4.23. The largest absolute Gasteiger partial charge is 0.340 e. The van der Waals surface area contributed by atoms with E-state index in [-0.39, 0.29) is 18.0 Å². The van der Waals surface area contributed by atoms with E-state index in [0.29, 0.717) is 18.8 Å². The molecule has 1 N–H and O–H groups in total. The van der Waals surface area contributed by atoms with Crippen molar-refractivity contribution in [3.63, 3.8) is 0 Å². The zero-order chi connectivity index (χ0) is 12.6. The van der Waals surface area contributed by atoms with Crippen molar-refractivity contribution < 1.29 is 9.59 Å². The van der Waals surface area contributed by atoms with E-state index in [1.54, 1.807) is 6.07 Å². The molecule has 1 saturated heterocycles. The van der Waals surface area contributed by atoms with Crippen LogP contribution >= 0.6 is 15.9 Å². The van der Waals surface area contributed by atoms with Gasteiger partial charge in [0.2, 0.25) is 0 Å². The predicted molar refractivity (Wildman–Crippen MR) is 67.0 cm³/mol. The van der Waals surface area contributed by atoms with Crippen LogP contribution in [0.4, 0.5) is 4.79 Å². The zero-order valence-corrected chi connectivity index (χ0v) is 11.3. The van der Waals surface area contributed by atoms with E-state index in [4.69, 9.17) is 0 Å². The Hall–Kier alpha value is -1.30. The second kappa shape index (κ2) is 4.52. The van der Waals surface area contributed by atoms with E-state index in [1.165, 1.54) is 4.90 Å². The average Bonchev–Trinajstić information content (AvgIpc) is 2.83. The highest BCUT2D eigenvalue weighted by atomic mass is 79.9. The molecule has 0 aliphatic carbocycles. The molecular formula is C11H14BrN3O2.